The Bertz CT molecular complexity index is 1650. The van der Waals surface area contributed by atoms with Crippen LogP contribution in [0.2, 0.25) is 5.04 Å². The van der Waals surface area contributed by atoms with Crippen LogP contribution < -0.4 is 21.0 Å². The first-order valence-corrected chi connectivity index (χ1v) is 20.0. The van der Waals surface area contributed by atoms with E-state index >= 15 is 0 Å². The third kappa shape index (κ3) is 9.46. The molecular weight excluding hydrogens is 804 g/mol. The normalized spacial score (nSPS) is 11.1. The average Bonchev–Trinajstić information content (AvgIpc) is 3.61. The Kier molecular flexibility index (Phi) is 14.5. The van der Waals surface area contributed by atoms with E-state index in [0.29, 0.717) is 25.6 Å². The van der Waals surface area contributed by atoms with Crippen molar-refractivity contribution in [1.29, 1.82) is 0 Å². The van der Waals surface area contributed by atoms with Gasteiger partial charge in [-0.2, -0.15) is 0 Å². The van der Waals surface area contributed by atoms with Crippen molar-refractivity contribution in [3.8, 4) is 0 Å². The number of anilines is 2. The van der Waals surface area contributed by atoms with Crippen LogP contribution >= 0.6 is 66.8 Å². The van der Waals surface area contributed by atoms with Crippen molar-refractivity contribution in [1.82, 2.24) is 0 Å². The Balaban J connectivity index is 0.000000335. The molecule has 2 aromatic heterocycles. The van der Waals surface area contributed by atoms with E-state index in [0.717, 1.165) is 26.3 Å². The lowest BCUT2D eigenvalue weighted by molar-refractivity contribution is -0.118. The summed E-state index contributed by atoms with van der Waals surface area (Å²) in [4.78, 5) is 37.2. The summed E-state index contributed by atoms with van der Waals surface area (Å²) in [7, 11) is -0.160. The first kappa shape index (κ1) is 38.7. The van der Waals surface area contributed by atoms with Gasteiger partial charge in [-0.05, 0) is 53.7 Å². The van der Waals surface area contributed by atoms with Crippen LogP contribution in [0.15, 0.2) is 80.4 Å². The molecule has 0 atom stereocenters. The highest BCUT2D eigenvalue weighted by Gasteiger charge is 2.50. The molecular formula is C33H36Br2N2O6S3Si. The lowest BCUT2D eigenvalue weighted by Crippen LogP contribution is -2.67. The minimum Gasteiger partial charge on any atom is -0.465 e. The molecule has 2 heterocycles. The second-order valence-corrected chi connectivity index (χ2v) is 19.2. The highest BCUT2D eigenvalue weighted by molar-refractivity contribution is 9.11. The standard InChI is InChI=1S/C24H26BrNO4SSi.C9H10BrNO2S2/c1-24(2,3)32(17-11-7-5-8-12-17,18-13-9-6-10-14-18)30-15-20(27)26-22-21(23(28)29-4)19(25)16-31-22;1-3-6(14)11-8-7(9(12)13-2)5(10)4-15-8/h5-14,16H,15H2,1-4H3,(H,26,27);4H,3H2,1-2H3,(H,11,14). The zero-order chi connectivity index (χ0) is 34.8. The molecule has 0 radical (unpaired) electrons. The summed E-state index contributed by atoms with van der Waals surface area (Å²) in [5.74, 6) is -1.21. The number of rotatable bonds is 10. The van der Waals surface area contributed by atoms with E-state index in [-0.39, 0.29) is 23.5 Å². The molecule has 4 aromatic rings. The van der Waals surface area contributed by atoms with Crippen LogP contribution in [0.4, 0.5) is 10.0 Å². The number of halogens is 2. The number of esters is 2. The smallest absolute Gasteiger partial charge is 0.342 e. The molecule has 1 amide bonds. The van der Waals surface area contributed by atoms with Gasteiger partial charge in [0.05, 0.1) is 19.2 Å². The SMILES string of the molecule is CCC(=S)Nc1scc(Br)c1C(=O)OC.COC(=O)c1c(Br)csc1NC(=O)CO[Si](c1ccccc1)(c1ccccc1)C(C)(C)C. The summed E-state index contributed by atoms with van der Waals surface area (Å²) in [6.45, 7) is 8.29. The molecule has 2 aromatic carbocycles. The summed E-state index contributed by atoms with van der Waals surface area (Å²) in [5, 5.41) is 12.5. The number of nitrogens with one attached hydrogen (secondary N) is 2. The van der Waals surface area contributed by atoms with E-state index in [1.807, 2.05) is 48.7 Å². The van der Waals surface area contributed by atoms with E-state index in [9.17, 15) is 14.4 Å². The van der Waals surface area contributed by atoms with Crippen molar-refractivity contribution in [2.24, 2.45) is 0 Å². The molecule has 0 fully saturated rings. The number of benzene rings is 2. The number of hydrogen-bond acceptors (Lipinski definition) is 9. The highest BCUT2D eigenvalue weighted by atomic mass is 79.9. The van der Waals surface area contributed by atoms with Gasteiger partial charge in [-0.1, -0.05) is 101 Å². The highest BCUT2D eigenvalue weighted by Crippen LogP contribution is 2.37. The second kappa shape index (κ2) is 17.6. The monoisotopic (exact) mass is 838 g/mol. The minimum atomic E-state index is -2.82. The van der Waals surface area contributed by atoms with E-state index in [2.05, 4.69) is 92.3 Å². The van der Waals surface area contributed by atoms with E-state index in [4.69, 9.17) is 21.4 Å². The molecule has 250 valence electrons. The van der Waals surface area contributed by atoms with Gasteiger partial charge in [-0.15, -0.1) is 22.7 Å². The number of amides is 1. The zero-order valence-corrected chi connectivity index (χ0v) is 33.4. The van der Waals surface area contributed by atoms with Crippen molar-refractivity contribution in [3.05, 3.63) is 91.5 Å². The zero-order valence-electron chi connectivity index (χ0n) is 26.8. The van der Waals surface area contributed by atoms with Gasteiger partial charge >= 0.3 is 11.9 Å². The van der Waals surface area contributed by atoms with Crippen molar-refractivity contribution >= 4 is 118 Å². The minimum absolute atomic E-state index is 0.136. The van der Waals surface area contributed by atoms with Gasteiger partial charge in [0.25, 0.3) is 8.32 Å². The molecule has 0 spiro atoms. The van der Waals surface area contributed by atoms with Crippen molar-refractivity contribution in [2.75, 3.05) is 31.5 Å². The molecule has 0 aliphatic rings. The van der Waals surface area contributed by atoms with Crippen LogP contribution in [0, 0.1) is 0 Å². The summed E-state index contributed by atoms with van der Waals surface area (Å²) in [5.41, 5.74) is 0.801. The summed E-state index contributed by atoms with van der Waals surface area (Å²) in [6, 6.07) is 20.3. The molecule has 4 rings (SSSR count). The summed E-state index contributed by atoms with van der Waals surface area (Å²) in [6.07, 6.45) is 0.742. The maximum atomic E-state index is 12.9. The van der Waals surface area contributed by atoms with Crippen molar-refractivity contribution in [3.63, 3.8) is 0 Å². The number of carbonyl (C=O) groups is 3. The van der Waals surface area contributed by atoms with Crippen LogP contribution in [0.5, 0.6) is 0 Å². The molecule has 0 saturated heterocycles. The Morgan fingerprint density at radius 1 is 0.787 bits per heavy atom. The van der Waals surface area contributed by atoms with Crippen molar-refractivity contribution in [2.45, 2.75) is 39.2 Å². The third-order valence-electron chi connectivity index (χ3n) is 6.93. The van der Waals surface area contributed by atoms with Gasteiger partial charge < -0.3 is 24.5 Å². The molecule has 8 nitrogen and oxygen atoms in total. The Morgan fingerprint density at radius 2 is 1.21 bits per heavy atom. The number of thiophene rings is 2. The van der Waals surface area contributed by atoms with E-state index < -0.39 is 14.3 Å². The molecule has 47 heavy (non-hydrogen) atoms. The fraction of sp³-hybridized carbons (Fsp3) is 0.273. The fourth-order valence-electron chi connectivity index (χ4n) is 4.76. The number of thiocarbonyl (C=S) groups is 1. The first-order chi connectivity index (χ1) is 22.3. The van der Waals surface area contributed by atoms with Crippen molar-refractivity contribution < 1.29 is 28.3 Å². The van der Waals surface area contributed by atoms with Gasteiger partial charge in [-0.25, -0.2) is 9.59 Å². The van der Waals surface area contributed by atoms with Crippen LogP contribution in [0.1, 0.15) is 54.8 Å². The van der Waals surface area contributed by atoms with Gasteiger partial charge in [-0.3, -0.25) is 4.79 Å². The molecule has 14 heteroatoms. The average molecular weight is 841 g/mol. The van der Waals surface area contributed by atoms with E-state index in [1.165, 1.54) is 36.9 Å². The molecule has 0 unspecified atom stereocenters. The van der Waals surface area contributed by atoms with Crippen LogP contribution in [0.3, 0.4) is 0 Å². The van der Waals surface area contributed by atoms with Gasteiger partial charge in [0.15, 0.2) is 0 Å². The molecule has 0 aliphatic carbocycles. The lowest BCUT2D eigenvalue weighted by Gasteiger charge is -2.42. The predicted molar refractivity (Wildman–Crippen MR) is 205 cm³/mol. The molecule has 0 bridgehead atoms. The third-order valence-corrected chi connectivity index (χ3v) is 16.0. The first-order valence-electron chi connectivity index (χ1n) is 14.4. The molecule has 0 aliphatic heterocycles. The number of hydrogen-bond donors (Lipinski definition) is 2. The molecule has 2 N–H and O–H groups in total. The van der Waals surface area contributed by atoms with Gasteiger partial charge in [0.2, 0.25) is 5.91 Å². The Morgan fingerprint density at radius 3 is 1.60 bits per heavy atom. The quantitative estimate of drug-likeness (QED) is 0.0936. The maximum Gasteiger partial charge on any atom is 0.342 e. The van der Waals surface area contributed by atoms with Crippen LogP contribution in [-0.4, -0.2) is 52.0 Å². The Hall–Kier alpha value is -2.72. The second-order valence-electron chi connectivity index (χ2n) is 11.0. The molecule has 0 saturated carbocycles. The lowest BCUT2D eigenvalue weighted by atomic mass is 10.2. The van der Waals surface area contributed by atoms with Crippen LogP contribution in [0.25, 0.3) is 0 Å². The van der Waals surface area contributed by atoms with Crippen LogP contribution in [-0.2, 0) is 18.7 Å². The number of methoxy groups -OCH3 is 2. The van der Waals surface area contributed by atoms with Gasteiger partial charge in [0.1, 0.15) is 27.7 Å². The number of ether oxygens (including phenoxy) is 2. The van der Waals surface area contributed by atoms with Gasteiger partial charge in [0, 0.05) is 19.7 Å². The predicted octanol–water partition coefficient (Wildman–Crippen LogP) is 8.26. The Labute approximate surface area is 306 Å². The summed E-state index contributed by atoms with van der Waals surface area (Å²) >= 11 is 14.4. The largest absolute Gasteiger partial charge is 0.465 e. The topological polar surface area (TPSA) is 103 Å². The maximum absolute atomic E-state index is 12.9. The fourth-order valence-corrected chi connectivity index (χ4v) is 12.6. The summed E-state index contributed by atoms with van der Waals surface area (Å²) < 4.78 is 17.5. The number of carbonyl (C=O) groups excluding carboxylic acids is 3. The van der Waals surface area contributed by atoms with E-state index in [1.54, 1.807) is 5.38 Å².